The molecular formula is C16H14N2O3. The molecule has 0 aliphatic carbocycles. The Labute approximate surface area is 121 Å². The topological polar surface area (TPSA) is 64.3 Å². The van der Waals surface area contributed by atoms with Gasteiger partial charge in [0.2, 0.25) is 0 Å². The van der Waals surface area contributed by atoms with Crippen LogP contribution < -0.4 is 4.74 Å². The van der Waals surface area contributed by atoms with Crippen molar-refractivity contribution in [1.29, 1.82) is 0 Å². The molecule has 0 unspecified atom stereocenters. The molecule has 2 aromatic carbocycles. The summed E-state index contributed by atoms with van der Waals surface area (Å²) < 4.78 is 7.46. The number of carboxylic acids is 1. The Balaban J connectivity index is 2.01. The van der Waals surface area contributed by atoms with Crippen molar-refractivity contribution >= 4 is 16.7 Å². The van der Waals surface area contributed by atoms with Gasteiger partial charge in [0.05, 0.1) is 6.20 Å². The minimum absolute atomic E-state index is 0.164. The van der Waals surface area contributed by atoms with Crippen LogP contribution in [0.3, 0.4) is 0 Å². The zero-order chi connectivity index (χ0) is 14.8. The third kappa shape index (κ3) is 2.58. The van der Waals surface area contributed by atoms with Crippen molar-refractivity contribution in [3.05, 3.63) is 59.9 Å². The molecule has 5 nitrogen and oxygen atoms in total. The van der Waals surface area contributed by atoms with Gasteiger partial charge in [-0.2, -0.15) is 5.10 Å². The Kier molecular flexibility index (Phi) is 3.31. The van der Waals surface area contributed by atoms with Gasteiger partial charge in [-0.05, 0) is 11.5 Å². The summed E-state index contributed by atoms with van der Waals surface area (Å²) in [7, 11) is 1.82. The van der Waals surface area contributed by atoms with Gasteiger partial charge in [0.25, 0.3) is 0 Å². The number of carboxylic acid groups (broad SMARTS) is 1. The van der Waals surface area contributed by atoms with Crippen LogP contribution in [0.4, 0.5) is 0 Å². The van der Waals surface area contributed by atoms with E-state index in [1.807, 2.05) is 37.5 Å². The van der Waals surface area contributed by atoms with Gasteiger partial charge < -0.3 is 9.84 Å². The van der Waals surface area contributed by atoms with Crippen molar-refractivity contribution in [2.24, 2.45) is 7.05 Å². The third-order valence-corrected chi connectivity index (χ3v) is 3.25. The predicted octanol–water partition coefficient (Wildman–Crippen LogP) is 2.85. The van der Waals surface area contributed by atoms with Crippen LogP contribution in [-0.2, 0) is 13.7 Å². The van der Waals surface area contributed by atoms with Crippen LogP contribution in [0.25, 0.3) is 10.8 Å². The molecule has 1 heterocycles. The number of aromatic carboxylic acids is 1. The van der Waals surface area contributed by atoms with E-state index < -0.39 is 5.97 Å². The van der Waals surface area contributed by atoms with E-state index in [2.05, 4.69) is 5.10 Å². The zero-order valence-corrected chi connectivity index (χ0v) is 11.5. The lowest BCUT2D eigenvalue weighted by Crippen LogP contribution is -2.03. The fourth-order valence-electron chi connectivity index (χ4n) is 2.27. The SMILES string of the molecule is Cn1cc(COc2c(C(=O)O)ccc3ccccc23)cn1. The van der Waals surface area contributed by atoms with E-state index >= 15 is 0 Å². The number of hydrogen-bond donors (Lipinski definition) is 1. The number of aryl methyl sites for hydroxylation is 1. The van der Waals surface area contributed by atoms with Crippen molar-refractivity contribution in [1.82, 2.24) is 9.78 Å². The molecule has 0 spiro atoms. The Morgan fingerprint density at radius 3 is 2.81 bits per heavy atom. The predicted molar refractivity (Wildman–Crippen MR) is 78.4 cm³/mol. The summed E-state index contributed by atoms with van der Waals surface area (Å²) >= 11 is 0. The van der Waals surface area contributed by atoms with E-state index in [0.29, 0.717) is 5.75 Å². The van der Waals surface area contributed by atoms with E-state index in [1.54, 1.807) is 23.0 Å². The Bertz CT molecular complexity index is 808. The zero-order valence-electron chi connectivity index (χ0n) is 11.5. The van der Waals surface area contributed by atoms with Gasteiger partial charge in [0.15, 0.2) is 0 Å². The van der Waals surface area contributed by atoms with Crippen LogP contribution in [-0.4, -0.2) is 20.9 Å². The number of rotatable bonds is 4. The van der Waals surface area contributed by atoms with E-state index in [9.17, 15) is 9.90 Å². The van der Waals surface area contributed by atoms with E-state index in [0.717, 1.165) is 16.3 Å². The van der Waals surface area contributed by atoms with Gasteiger partial charge in [0.1, 0.15) is 17.9 Å². The van der Waals surface area contributed by atoms with Gasteiger partial charge >= 0.3 is 5.97 Å². The van der Waals surface area contributed by atoms with E-state index in [1.165, 1.54) is 0 Å². The van der Waals surface area contributed by atoms with Crippen LogP contribution in [0.2, 0.25) is 0 Å². The minimum Gasteiger partial charge on any atom is -0.487 e. The van der Waals surface area contributed by atoms with E-state index in [-0.39, 0.29) is 12.2 Å². The molecule has 1 N–H and O–H groups in total. The van der Waals surface area contributed by atoms with Gasteiger partial charge in [-0.3, -0.25) is 4.68 Å². The number of carbonyl (C=O) groups is 1. The Morgan fingerprint density at radius 1 is 1.29 bits per heavy atom. The van der Waals surface area contributed by atoms with Crippen LogP contribution in [0.5, 0.6) is 5.75 Å². The molecule has 0 saturated carbocycles. The highest BCUT2D eigenvalue weighted by molar-refractivity contribution is 6.00. The number of benzene rings is 2. The summed E-state index contributed by atoms with van der Waals surface area (Å²) in [5.74, 6) is -0.605. The van der Waals surface area contributed by atoms with Crippen LogP contribution in [0.1, 0.15) is 15.9 Å². The fraction of sp³-hybridized carbons (Fsp3) is 0.125. The molecule has 0 atom stereocenters. The molecule has 21 heavy (non-hydrogen) atoms. The maximum absolute atomic E-state index is 11.4. The normalized spacial score (nSPS) is 10.7. The van der Waals surface area contributed by atoms with Crippen molar-refractivity contribution in [3.63, 3.8) is 0 Å². The van der Waals surface area contributed by atoms with Gasteiger partial charge in [-0.15, -0.1) is 0 Å². The summed E-state index contributed by atoms with van der Waals surface area (Å²) in [6.07, 6.45) is 3.54. The van der Waals surface area contributed by atoms with E-state index in [4.69, 9.17) is 4.74 Å². The molecule has 0 aliphatic rings. The summed E-state index contributed by atoms with van der Waals surface area (Å²) in [6.45, 7) is 0.280. The molecular weight excluding hydrogens is 268 g/mol. The maximum atomic E-state index is 11.4. The number of aromatic nitrogens is 2. The molecule has 106 valence electrons. The lowest BCUT2D eigenvalue weighted by molar-refractivity contribution is 0.0692. The first-order valence-electron chi connectivity index (χ1n) is 6.50. The molecule has 0 aliphatic heterocycles. The minimum atomic E-state index is -0.998. The quantitative estimate of drug-likeness (QED) is 0.799. The molecule has 5 heteroatoms. The number of hydrogen-bond acceptors (Lipinski definition) is 3. The molecule has 0 fully saturated rings. The monoisotopic (exact) mass is 282 g/mol. The highest BCUT2D eigenvalue weighted by Gasteiger charge is 2.15. The average Bonchev–Trinajstić information content (AvgIpc) is 2.90. The van der Waals surface area contributed by atoms with Crippen molar-refractivity contribution in [3.8, 4) is 5.75 Å². The number of ether oxygens (including phenoxy) is 1. The van der Waals surface area contributed by atoms with Crippen LogP contribution >= 0.6 is 0 Å². The molecule has 0 bridgehead atoms. The standard InChI is InChI=1S/C16H14N2O3/c1-18-9-11(8-17-18)10-21-15-13-5-3-2-4-12(13)6-7-14(15)16(19)20/h2-9H,10H2,1H3,(H,19,20). The van der Waals surface area contributed by atoms with Crippen molar-refractivity contribution in [2.75, 3.05) is 0 Å². The molecule has 0 radical (unpaired) electrons. The Morgan fingerprint density at radius 2 is 2.10 bits per heavy atom. The third-order valence-electron chi connectivity index (χ3n) is 3.25. The first-order chi connectivity index (χ1) is 10.1. The molecule has 3 aromatic rings. The van der Waals surface area contributed by atoms with Crippen molar-refractivity contribution in [2.45, 2.75) is 6.61 Å². The van der Waals surface area contributed by atoms with Crippen molar-refractivity contribution < 1.29 is 14.6 Å². The first-order valence-corrected chi connectivity index (χ1v) is 6.50. The van der Waals surface area contributed by atoms with Gasteiger partial charge in [-0.1, -0.05) is 30.3 Å². The Hall–Kier alpha value is -2.82. The number of fused-ring (bicyclic) bond motifs is 1. The fourth-order valence-corrected chi connectivity index (χ4v) is 2.27. The highest BCUT2D eigenvalue weighted by Crippen LogP contribution is 2.30. The highest BCUT2D eigenvalue weighted by atomic mass is 16.5. The lowest BCUT2D eigenvalue weighted by Gasteiger charge is -2.11. The maximum Gasteiger partial charge on any atom is 0.339 e. The lowest BCUT2D eigenvalue weighted by atomic mass is 10.1. The second-order valence-electron chi connectivity index (χ2n) is 4.78. The van der Waals surface area contributed by atoms with Gasteiger partial charge in [0, 0.05) is 24.2 Å². The molecule has 0 saturated heterocycles. The average molecular weight is 282 g/mol. The summed E-state index contributed by atoms with van der Waals surface area (Å²) in [6, 6.07) is 10.9. The second kappa shape index (κ2) is 5.28. The summed E-state index contributed by atoms with van der Waals surface area (Å²) in [5, 5.41) is 15.1. The second-order valence-corrected chi connectivity index (χ2v) is 4.78. The van der Waals surface area contributed by atoms with Crippen LogP contribution in [0, 0.1) is 0 Å². The molecule has 1 aromatic heterocycles. The molecule has 0 amide bonds. The number of nitrogens with zero attached hydrogens (tertiary/aromatic N) is 2. The van der Waals surface area contributed by atoms with Crippen LogP contribution in [0.15, 0.2) is 48.8 Å². The smallest absolute Gasteiger partial charge is 0.339 e. The first kappa shape index (κ1) is 13.2. The largest absolute Gasteiger partial charge is 0.487 e. The molecule has 3 rings (SSSR count). The summed E-state index contributed by atoms with van der Waals surface area (Å²) in [4.78, 5) is 11.4. The van der Waals surface area contributed by atoms with Gasteiger partial charge in [-0.25, -0.2) is 4.79 Å². The summed E-state index contributed by atoms with van der Waals surface area (Å²) in [5.41, 5.74) is 1.05.